The number of carbonyl (C=O) groups is 1. The van der Waals surface area contributed by atoms with E-state index in [1.165, 1.54) is 154 Å². The molecule has 0 saturated heterocycles. The summed E-state index contributed by atoms with van der Waals surface area (Å²) in [6, 6.07) is 0. The second kappa shape index (κ2) is 44.7. The Morgan fingerprint density at radius 1 is 0.434 bits per heavy atom. The molecule has 0 unspecified atom stereocenters. The number of nitrogens with zero attached hydrogens (tertiary/aromatic N) is 2. The molecule has 0 radical (unpaired) electrons. The van der Waals surface area contributed by atoms with E-state index in [0.29, 0.717) is 6.42 Å². The average Bonchev–Trinajstić information content (AvgIpc) is 3.16. The van der Waals surface area contributed by atoms with Gasteiger partial charge in [-0.05, 0) is 103 Å². The van der Waals surface area contributed by atoms with E-state index >= 15 is 0 Å². The molecular weight excluding hydrogens is 651 g/mol. The Morgan fingerprint density at radius 3 is 1.26 bits per heavy atom. The van der Waals surface area contributed by atoms with Gasteiger partial charge >= 0.3 is 5.97 Å². The molecule has 0 atom stereocenters. The Bertz CT molecular complexity index is 828. The maximum absolute atomic E-state index is 12.7. The van der Waals surface area contributed by atoms with Gasteiger partial charge in [0.15, 0.2) is 0 Å². The molecule has 5 heteroatoms. The minimum Gasteiger partial charge on any atom is -0.368 e. The van der Waals surface area contributed by atoms with Crippen LogP contribution in [0.15, 0.2) is 48.6 Å². The standard InChI is InChI=1S/C48H91N3O2/c1-4-7-10-13-16-17-18-19-20-21-22-23-24-29-32-37-43-50(47-42-49)44-38-33-30-25-26-31-36-41-48(52)53-51(45-39-34-27-14-11-8-5-2)46-40-35-28-15-12-9-6-3/h16-17,19-20,27-28,34-35H,4-15,18,21-26,29-33,36-47,49H2,1-3H3/b17-16-,20-19-,34-27-,35-28-. The zero-order valence-corrected chi connectivity index (χ0v) is 35.9. The predicted molar refractivity (Wildman–Crippen MR) is 235 cm³/mol. The number of hydrogen-bond acceptors (Lipinski definition) is 5. The van der Waals surface area contributed by atoms with Crippen LogP contribution in [0.25, 0.3) is 0 Å². The highest BCUT2D eigenvalue weighted by atomic mass is 16.7. The van der Waals surface area contributed by atoms with Gasteiger partial charge in [-0.2, -0.15) is 0 Å². The quantitative estimate of drug-likeness (QED) is 0.0383. The molecule has 53 heavy (non-hydrogen) atoms. The van der Waals surface area contributed by atoms with Crippen LogP contribution in [0.4, 0.5) is 0 Å². The van der Waals surface area contributed by atoms with Gasteiger partial charge < -0.3 is 15.5 Å². The fraction of sp³-hybridized carbons (Fsp3) is 0.812. The van der Waals surface area contributed by atoms with E-state index in [1.807, 2.05) is 5.06 Å². The second-order valence-corrected chi connectivity index (χ2v) is 15.3. The van der Waals surface area contributed by atoms with Crippen LogP contribution in [0.5, 0.6) is 0 Å². The molecule has 0 heterocycles. The molecule has 0 aliphatic carbocycles. The van der Waals surface area contributed by atoms with E-state index in [-0.39, 0.29) is 5.97 Å². The monoisotopic (exact) mass is 742 g/mol. The van der Waals surface area contributed by atoms with Crippen molar-refractivity contribution < 1.29 is 9.63 Å². The van der Waals surface area contributed by atoms with Gasteiger partial charge in [0.2, 0.25) is 0 Å². The summed E-state index contributed by atoms with van der Waals surface area (Å²) in [6.45, 7) is 12.5. The molecule has 0 rings (SSSR count). The van der Waals surface area contributed by atoms with Gasteiger partial charge in [0.25, 0.3) is 0 Å². The van der Waals surface area contributed by atoms with E-state index in [4.69, 9.17) is 10.6 Å². The van der Waals surface area contributed by atoms with E-state index in [9.17, 15) is 4.79 Å². The van der Waals surface area contributed by atoms with Gasteiger partial charge in [-0.1, -0.05) is 166 Å². The number of nitrogens with two attached hydrogens (primary N) is 1. The van der Waals surface area contributed by atoms with Crippen molar-refractivity contribution in [3.63, 3.8) is 0 Å². The molecule has 310 valence electrons. The minimum atomic E-state index is -0.0661. The first kappa shape index (κ1) is 51.3. The SMILES string of the molecule is CCCCC/C=C\C/C=C\CCCCCCCCN(CCN)CCCCCCCCCC(=O)ON(CC/C=C\CCCCC)CC/C=C\CCCCC. The maximum atomic E-state index is 12.7. The first-order chi connectivity index (χ1) is 26.2. The fourth-order valence-corrected chi connectivity index (χ4v) is 6.66. The summed E-state index contributed by atoms with van der Waals surface area (Å²) in [5, 5.41) is 1.90. The predicted octanol–water partition coefficient (Wildman–Crippen LogP) is 14.0. The average molecular weight is 742 g/mol. The summed E-state index contributed by atoms with van der Waals surface area (Å²) in [4.78, 5) is 21.1. The van der Waals surface area contributed by atoms with Crippen molar-refractivity contribution in [3.8, 4) is 0 Å². The molecule has 0 amide bonds. The molecule has 0 saturated carbocycles. The number of rotatable bonds is 42. The Kier molecular flexibility index (Phi) is 43.3. The number of hydrogen-bond donors (Lipinski definition) is 1. The number of carbonyl (C=O) groups excluding carboxylic acids is 1. The first-order valence-corrected chi connectivity index (χ1v) is 23.2. The lowest BCUT2D eigenvalue weighted by Crippen LogP contribution is -2.31. The van der Waals surface area contributed by atoms with Gasteiger partial charge in [-0.15, -0.1) is 5.06 Å². The molecule has 0 bridgehead atoms. The zero-order chi connectivity index (χ0) is 38.6. The summed E-state index contributed by atoms with van der Waals surface area (Å²) in [5.41, 5.74) is 5.94. The Labute approximate surface area is 331 Å². The topological polar surface area (TPSA) is 58.8 Å². The van der Waals surface area contributed by atoms with Gasteiger partial charge in [-0.3, -0.25) is 4.79 Å². The molecule has 0 spiro atoms. The Hall–Kier alpha value is -1.69. The van der Waals surface area contributed by atoms with Gasteiger partial charge in [0.1, 0.15) is 0 Å². The van der Waals surface area contributed by atoms with Crippen molar-refractivity contribution in [2.24, 2.45) is 5.73 Å². The van der Waals surface area contributed by atoms with Crippen molar-refractivity contribution in [3.05, 3.63) is 48.6 Å². The second-order valence-electron chi connectivity index (χ2n) is 15.3. The number of allylic oxidation sites excluding steroid dienone is 6. The molecule has 5 nitrogen and oxygen atoms in total. The van der Waals surface area contributed by atoms with E-state index in [0.717, 1.165) is 71.1 Å². The summed E-state index contributed by atoms with van der Waals surface area (Å²) >= 11 is 0. The van der Waals surface area contributed by atoms with Crippen LogP contribution in [-0.2, 0) is 9.63 Å². The van der Waals surface area contributed by atoms with E-state index in [1.54, 1.807) is 0 Å². The lowest BCUT2D eigenvalue weighted by atomic mass is 10.1. The van der Waals surface area contributed by atoms with Crippen LogP contribution in [0.1, 0.15) is 213 Å². The smallest absolute Gasteiger partial charge is 0.325 e. The third-order valence-electron chi connectivity index (χ3n) is 10.1. The highest BCUT2D eigenvalue weighted by molar-refractivity contribution is 5.68. The van der Waals surface area contributed by atoms with E-state index < -0.39 is 0 Å². The molecule has 2 N–H and O–H groups in total. The molecule has 0 aromatic rings. The lowest BCUT2D eigenvalue weighted by Gasteiger charge is -2.21. The minimum absolute atomic E-state index is 0.0661. The van der Waals surface area contributed by atoms with Crippen LogP contribution in [-0.4, -0.2) is 55.2 Å². The first-order valence-electron chi connectivity index (χ1n) is 23.2. The Morgan fingerprint density at radius 2 is 0.811 bits per heavy atom. The van der Waals surface area contributed by atoms with Crippen LogP contribution in [0, 0.1) is 0 Å². The molecule has 0 aliphatic heterocycles. The highest BCUT2D eigenvalue weighted by Crippen LogP contribution is 2.13. The van der Waals surface area contributed by atoms with Crippen molar-refractivity contribution in [1.82, 2.24) is 9.96 Å². The summed E-state index contributed by atoms with van der Waals surface area (Å²) in [7, 11) is 0. The fourth-order valence-electron chi connectivity index (χ4n) is 6.66. The van der Waals surface area contributed by atoms with Crippen molar-refractivity contribution in [2.45, 2.75) is 213 Å². The molecule has 0 aromatic heterocycles. The molecular formula is C48H91N3O2. The van der Waals surface area contributed by atoms with Crippen LogP contribution >= 0.6 is 0 Å². The largest absolute Gasteiger partial charge is 0.368 e. The number of hydroxylamine groups is 2. The van der Waals surface area contributed by atoms with Crippen molar-refractivity contribution in [1.29, 1.82) is 0 Å². The third kappa shape index (κ3) is 41.3. The summed E-state index contributed by atoms with van der Waals surface area (Å²) in [6.07, 6.45) is 54.8. The summed E-state index contributed by atoms with van der Waals surface area (Å²) < 4.78 is 0. The summed E-state index contributed by atoms with van der Waals surface area (Å²) in [5.74, 6) is -0.0661. The van der Waals surface area contributed by atoms with Gasteiger partial charge in [-0.25, -0.2) is 0 Å². The third-order valence-corrected chi connectivity index (χ3v) is 10.1. The number of unbranched alkanes of at least 4 members (excludes halogenated alkanes) is 21. The highest BCUT2D eigenvalue weighted by Gasteiger charge is 2.11. The van der Waals surface area contributed by atoms with Crippen molar-refractivity contribution in [2.75, 3.05) is 39.3 Å². The van der Waals surface area contributed by atoms with E-state index in [2.05, 4.69) is 74.3 Å². The van der Waals surface area contributed by atoms with Crippen LogP contribution < -0.4 is 5.73 Å². The Balaban J connectivity index is 3.97. The molecule has 0 aromatic carbocycles. The van der Waals surface area contributed by atoms with Crippen LogP contribution in [0.3, 0.4) is 0 Å². The van der Waals surface area contributed by atoms with Crippen molar-refractivity contribution >= 4 is 5.97 Å². The lowest BCUT2D eigenvalue weighted by molar-refractivity contribution is -0.190. The maximum Gasteiger partial charge on any atom is 0.325 e. The van der Waals surface area contributed by atoms with Gasteiger partial charge in [0, 0.05) is 32.6 Å². The molecule has 0 aliphatic rings. The normalized spacial score (nSPS) is 12.3. The zero-order valence-electron chi connectivity index (χ0n) is 35.9. The molecule has 0 fully saturated rings. The van der Waals surface area contributed by atoms with Crippen LogP contribution in [0.2, 0.25) is 0 Å². The van der Waals surface area contributed by atoms with Gasteiger partial charge in [0.05, 0.1) is 0 Å².